The third-order valence-electron chi connectivity index (χ3n) is 4.36. The van der Waals surface area contributed by atoms with Gasteiger partial charge in [0.25, 0.3) is 5.91 Å². The number of benzene rings is 2. The number of rotatable bonds is 7. The Morgan fingerprint density at radius 1 is 1.22 bits per heavy atom. The van der Waals surface area contributed by atoms with Gasteiger partial charge in [0, 0.05) is 25.6 Å². The molecule has 0 radical (unpaired) electrons. The molecular formula is C20H21F2N3O2. The molecule has 0 saturated heterocycles. The van der Waals surface area contributed by atoms with Crippen LogP contribution in [0.3, 0.4) is 0 Å². The molecule has 1 heterocycles. The average Bonchev–Trinajstić information content (AvgIpc) is 3.11. The van der Waals surface area contributed by atoms with Crippen molar-refractivity contribution in [3.8, 4) is 0 Å². The zero-order chi connectivity index (χ0) is 19.2. The fourth-order valence-electron chi connectivity index (χ4n) is 2.99. The molecule has 0 bridgehead atoms. The molecule has 7 heteroatoms. The van der Waals surface area contributed by atoms with E-state index in [9.17, 15) is 13.6 Å². The SMILES string of the molecule is COCCNCC(=O)N1N=C(c2ccccc2F)CC1c1ccc(F)cc1. The van der Waals surface area contributed by atoms with Crippen LogP contribution < -0.4 is 5.32 Å². The zero-order valence-electron chi connectivity index (χ0n) is 15.0. The van der Waals surface area contributed by atoms with Crippen LogP contribution in [0.15, 0.2) is 53.6 Å². The van der Waals surface area contributed by atoms with Crippen LogP contribution in [0.5, 0.6) is 0 Å². The second kappa shape index (κ2) is 8.83. The highest BCUT2D eigenvalue weighted by molar-refractivity contribution is 6.03. The summed E-state index contributed by atoms with van der Waals surface area (Å²) in [6.45, 7) is 1.09. The number of nitrogens with zero attached hydrogens (tertiary/aromatic N) is 2. The van der Waals surface area contributed by atoms with Crippen LogP contribution in [0, 0.1) is 11.6 Å². The number of carbonyl (C=O) groups excluding carboxylic acids is 1. The topological polar surface area (TPSA) is 53.9 Å². The highest BCUT2D eigenvalue weighted by atomic mass is 19.1. The second-order valence-electron chi connectivity index (χ2n) is 6.21. The van der Waals surface area contributed by atoms with Crippen molar-refractivity contribution in [2.24, 2.45) is 5.10 Å². The van der Waals surface area contributed by atoms with Crippen LogP contribution in [-0.2, 0) is 9.53 Å². The first-order chi connectivity index (χ1) is 13.1. The van der Waals surface area contributed by atoms with Crippen molar-refractivity contribution >= 4 is 11.6 Å². The van der Waals surface area contributed by atoms with E-state index in [0.29, 0.717) is 30.8 Å². The number of hydrogen-bond donors (Lipinski definition) is 1. The Balaban J connectivity index is 1.84. The van der Waals surface area contributed by atoms with Crippen LogP contribution in [0.1, 0.15) is 23.6 Å². The molecule has 142 valence electrons. The number of hydrazone groups is 1. The van der Waals surface area contributed by atoms with Gasteiger partial charge in [-0.05, 0) is 23.8 Å². The summed E-state index contributed by atoms with van der Waals surface area (Å²) in [5.41, 5.74) is 1.61. The van der Waals surface area contributed by atoms with E-state index < -0.39 is 6.04 Å². The minimum absolute atomic E-state index is 0.0785. The molecule has 0 fully saturated rings. The molecule has 1 unspecified atom stereocenters. The third kappa shape index (κ3) is 4.56. The first kappa shape index (κ1) is 19.1. The lowest BCUT2D eigenvalue weighted by Gasteiger charge is -2.22. The minimum atomic E-state index is -0.406. The average molecular weight is 373 g/mol. The highest BCUT2D eigenvalue weighted by Gasteiger charge is 2.33. The number of amides is 1. The van der Waals surface area contributed by atoms with Gasteiger partial charge in [0.15, 0.2) is 0 Å². The molecular weight excluding hydrogens is 352 g/mol. The van der Waals surface area contributed by atoms with E-state index in [2.05, 4.69) is 10.4 Å². The van der Waals surface area contributed by atoms with Gasteiger partial charge in [-0.2, -0.15) is 5.10 Å². The number of nitrogens with one attached hydrogen (secondary N) is 1. The molecule has 3 rings (SSSR count). The van der Waals surface area contributed by atoms with Crippen molar-refractivity contribution in [1.29, 1.82) is 0 Å². The molecule has 0 aliphatic carbocycles. The smallest absolute Gasteiger partial charge is 0.257 e. The monoisotopic (exact) mass is 373 g/mol. The Bertz CT molecular complexity index is 824. The van der Waals surface area contributed by atoms with Gasteiger partial charge in [-0.1, -0.05) is 30.3 Å². The second-order valence-corrected chi connectivity index (χ2v) is 6.21. The van der Waals surface area contributed by atoms with Crippen LogP contribution in [-0.4, -0.2) is 43.4 Å². The van der Waals surface area contributed by atoms with E-state index in [1.165, 1.54) is 23.2 Å². The normalized spacial score (nSPS) is 16.5. The van der Waals surface area contributed by atoms with E-state index in [1.54, 1.807) is 37.4 Å². The molecule has 0 spiro atoms. The first-order valence-electron chi connectivity index (χ1n) is 8.69. The van der Waals surface area contributed by atoms with Gasteiger partial charge >= 0.3 is 0 Å². The van der Waals surface area contributed by atoms with Crippen LogP contribution >= 0.6 is 0 Å². The van der Waals surface area contributed by atoms with Gasteiger partial charge in [0.1, 0.15) is 11.6 Å². The lowest BCUT2D eigenvalue weighted by atomic mass is 9.98. The van der Waals surface area contributed by atoms with E-state index in [0.717, 1.165) is 5.56 Å². The summed E-state index contributed by atoms with van der Waals surface area (Å²) in [5, 5.41) is 8.74. The molecule has 2 aromatic rings. The van der Waals surface area contributed by atoms with E-state index in [-0.39, 0.29) is 24.1 Å². The summed E-state index contributed by atoms with van der Waals surface area (Å²) in [6.07, 6.45) is 0.358. The van der Waals surface area contributed by atoms with Crippen LogP contribution in [0.25, 0.3) is 0 Å². The Morgan fingerprint density at radius 2 is 1.96 bits per heavy atom. The van der Waals surface area contributed by atoms with Crippen molar-refractivity contribution in [3.05, 3.63) is 71.3 Å². The van der Waals surface area contributed by atoms with Gasteiger partial charge in [0.05, 0.1) is 24.9 Å². The summed E-state index contributed by atoms with van der Waals surface area (Å²) in [5.74, 6) is -0.987. The quantitative estimate of drug-likeness (QED) is 0.760. The number of halogens is 2. The fourth-order valence-corrected chi connectivity index (χ4v) is 2.99. The summed E-state index contributed by atoms with van der Waals surface area (Å²) in [7, 11) is 1.58. The number of carbonyl (C=O) groups is 1. The number of methoxy groups -OCH3 is 1. The van der Waals surface area contributed by atoms with Gasteiger partial charge < -0.3 is 10.1 Å². The first-order valence-corrected chi connectivity index (χ1v) is 8.69. The summed E-state index contributed by atoms with van der Waals surface area (Å²) >= 11 is 0. The maximum absolute atomic E-state index is 14.2. The maximum atomic E-state index is 14.2. The molecule has 5 nitrogen and oxygen atoms in total. The standard InChI is InChI=1S/C20H21F2N3O2/c1-27-11-10-23-13-20(26)25-19(14-6-8-15(21)9-7-14)12-18(24-25)16-4-2-3-5-17(16)22/h2-9,19,23H,10-13H2,1H3. The Morgan fingerprint density at radius 3 is 2.67 bits per heavy atom. The van der Waals surface area contributed by atoms with E-state index >= 15 is 0 Å². The van der Waals surface area contributed by atoms with E-state index in [1.807, 2.05) is 0 Å². The maximum Gasteiger partial charge on any atom is 0.257 e. The largest absolute Gasteiger partial charge is 0.383 e. The summed E-state index contributed by atoms with van der Waals surface area (Å²) in [6, 6.07) is 11.9. The molecule has 1 N–H and O–H groups in total. The predicted molar refractivity (Wildman–Crippen MR) is 98.3 cm³/mol. The molecule has 1 amide bonds. The molecule has 1 aliphatic heterocycles. The van der Waals surface area contributed by atoms with Gasteiger partial charge in [0.2, 0.25) is 0 Å². The summed E-state index contributed by atoms with van der Waals surface area (Å²) < 4.78 is 32.4. The van der Waals surface area contributed by atoms with Crippen molar-refractivity contribution in [2.75, 3.05) is 26.8 Å². The van der Waals surface area contributed by atoms with Gasteiger partial charge in [-0.15, -0.1) is 0 Å². The molecule has 1 aliphatic rings. The van der Waals surface area contributed by atoms with Crippen LogP contribution in [0.4, 0.5) is 8.78 Å². The van der Waals surface area contributed by atoms with Gasteiger partial charge in [-0.25, -0.2) is 13.8 Å². The lowest BCUT2D eigenvalue weighted by molar-refractivity contribution is -0.132. The van der Waals surface area contributed by atoms with Gasteiger partial charge in [-0.3, -0.25) is 4.79 Å². The zero-order valence-corrected chi connectivity index (χ0v) is 15.0. The third-order valence-corrected chi connectivity index (χ3v) is 4.36. The van der Waals surface area contributed by atoms with Crippen molar-refractivity contribution in [1.82, 2.24) is 10.3 Å². The van der Waals surface area contributed by atoms with Crippen molar-refractivity contribution < 1.29 is 18.3 Å². The molecule has 0 aromatic heterocycles. The van der Waals surface area contributed by atoms with Crippen molar-refractivity contribution in [2.45, 2.75) is 12.5 Å². The van der Waals surface area contributed by atoms with E-state index in [4.69, 9.17) is 4.74 Å². The number of ether oxygens (including phenoxy) is 1. The lowest BCUT2D eigenvalue weighted by Crippen LogP contribution is -2.36. The van der Waals surface area contributed by atoms with Crippen molar-refractivity contribution in [3.63, 3.8) is 0 Å². The van der Waals surface area contributed by atoms with Crippen LogP contribution in [0.2, 0.25) is 0 Å². The number of hydrogen-bond acceptors (Lipinski definition) is 4. The summed E-state index contributed by atoms with van der Waals surface area (Å²) in [4.78, 5) is 12.7. The predicted octanol–water partition coefficient (Wildman–Crippen LogP) is 2.88. The Hall–Kier alpha value is -2.64. The molecule has 0 saturated carbocycles. The minimum Gasteiger partial charge on any atom is -0.383 e. The Labute approximate surface area is 156 Å². The highest BCUT2D eigenvalue weighted by Crippen LogP contribution is 2.33. The molecule has 1 atom stereocenters. The fraction of sp³-hybridized carbons (Fsp3) is 0.300. The Kier molecular flexibility index (Phi) is 6.26. The molecule has 2 aromatic carbocycles. The molecule has 27 heavy (non-hydrogen) atoms.